The Morgan fingerprint density at radius 3 is 1.00 bits per heavy atom. The second-order valence-corrected chi connectivity index (χ2v) is 3.68. The van der Waals surface area contributed by atoms with E-state index in [2.05, 4.69) is 25.3 Å². The molecule has 0 aliphatic rings. The van der Waals surface area contributed by atoms with E-state index in [1.54, 1.807) is 13.8 Å². The van der Waals surface area contributed by atoms with Gasteiger partial charge in [-0.3, -0.25) is 14.4 Å². The zero-order chi connectivity index (χ0) is 17.1. The van der Waals surface area contributed by atoms with Crippen LogP contribution in [0.1, 0.15) is 13.8 Å². The molecule has 0 aromatic rings. The second-order valence-electron chi connectivity index (χ2n) is 3.04. The Hall–Kier alpha value is -0.970. The molecule has 0 bridgehead atoms. The minimum absolute atomic E-state index is 0.0833. The van der Waals surface area contributed by atoms with E-state index in [1.165, 1.54) is 0 Å². The highest BCUT2D eigenvalue weighted by Gasteiger charge is 1.99. The lowest BCUT2D eigenvalue weighted by atomic mass is 10.2. The van der Waals surface area contributed by atoms with Crippen molar-refractivity contribution in [3.8, 4) is 0 Å². The molecule has 0 spiro atoms. The predicted octanol–water partition coefficient (Wildman–Crippen LogP) is -0.300. The fraction of sp³-hybridized carbons (Fsp3) is 0.700. The number of rotatable bonds is 4. The Bertz CT molecular complexity index is 229. The van der Waals surface area contributed by atoms with Crippen molar-refractivity contribution in [2.45, 2.75) is 13.8 Å². The zero-order valence-electron chi connectivity index (χ0n) is 11.3. The van der Waals surface area contributed by atoms with Crippen LogP contribution >= 0.6 is 25.3 Å². The van der Waals surface area contributed by atoms with Crippen LogP contribution in [-0.4, -0.2) is 68.2 Å². The third kappa shape index (κ3) is 67.9. The molecule has 0 aliphatic carbocycles. The van der Waals surface area contributed by atoms with E-state index in [0.29, 0.717) is 0 Å². The van der Waals surface area contributed by atoms with Crippen molar-refractivity contribution in [2.24, 2.45) is 5.92 Å². The van der Waals surface area contributed by atoms with Crippen LogP contribution in [0.3, 0.4) is 0 Å². The second kappa shape index (κ2) is 23.1. The van der Waals surface area contributed by atoms with Crippen molar-refractivity contribution in [1.82, 2.24) is 0 Å². The molecule has 0 unspecified atom stereocenters. The summed E-state index contributed by atoms with van der Waals surface area (Å²) in [6.07, 6.45) is 0. The van der Waals surface area contributed by atoms with Gasteiger partial charge >= 0.3 is 17.9 Å². The largest absolute Gasteiger partial charge is 0.481 e. The summed E-state index contributed by atoms with van der Waals surface area (Å²) in [5.74, 6) is -2.90. The molecule has 0 saturated carbocycles. The molecule has 5 N–H and O–H groups in total. The lowest BCUT2D eigenvalue weighted by Crippen LogP contribution is -2.03. The summed E-state index contributed by atoms with van der Waals surface area (Å²) in [5, 5.41) is 38.5. The van der Waals surface area contributed by atoms with Gasteiger partial charge in [-0.05, 0) is 0 Å². The number of aliphatic hydroxyl groups is 2. The van der Waals surface area contributed by atoms with E-state index < -0.39 is 17.9 Å². The van der Waals surface area contributed by atoms with Gasteiger partial charge in [-0.2, -0.15) is 25.3 Å². The predicted molar refractivity (Wildman–Crippen MR) is 79.6 cm³/mol. The molecule has 0 rings (SSSR count). The number of aliphatic hydroxyl groups excluding tert-OH is 2. The molecule has 0 radical (unpaired) electrons. The molecule has 0 aromatic carbocycles. The average molecular weight is 334 g/mol. The highest BCUT2D eigenvalue weighted by molar-refractivity contribution is 7.81. The standard InChI is InChI=1S/C4H8O2.2C2H4O2S.C2H6O2/c1-3(2)4(5)6;2*3-2(4)1-5;3-1-2-4/h3H,1-2H3,(H,5,6);2*5H,1H2,(H,3,4);3-4H,1-2H2. The number of carboxylic acids is 3. The van der Waals surface area contributed by atoms with Crippen LogP contribution in [0.15, 0.2) is 0 Å². The highest BCUT2D eigenvalue weighted by atomic mass is 32.1. The van der Waals surface area contributed by atoms with Crippen LogP contribution in [0.2, 0.25) is 0 Å². The number of carboxylic acid groups (broad SMARTS) is 3. The first-order valence-corrected chi connectivity index (χ1v) is 6.46. The normalized spacial score (nSPS) is 7.95. The van der Waals surface area contributed by atoms with Gasteiger partial charge in [-0.1, -0.05) is 13.8 Å². The molecule has 0 atom stereocenters. The smallest absolute Gasteiger partial charge is 0.313 e. The van der Waals surface area contributed by atoms with Crippen molar-refractivity contribution in [3.63, 3.8) is 0 Å². The Morgan fingerprint density at radius 2 is 1.00 bits per heavy atom. The van der Waals surface area contributed by atoms with Gasteiger partial charge < -0.3 is 25.5 Å². The van der Waals surface area contributed by atoms with Gasteiger partial charge in [0.05, 0.1) is 30.6 Å². The zero-order valence-corrected chi connectivity index (χ0v) is 13.0. The molecule has 8 nitrogen and oxygen atoms in total. The van der Waals surface area contributed by atoms with E-state index in [9.17, 15) is 14.4 Å². The summed E-state index contributed by atoms with van der Waals surface area (Å²) in [7, 11) is 0. The SMILES string of the molecule is CC(C)C(=O)O.O=C(O)CS.O=C(O)CS.OCCO. The summed E-state index contributed by atoms with van der Waals surface area (Å²) < 4.78 is 0. The van der Waals surface area contributed by atoms with Crippen LogP contribution < -0.4 is 0 Å². The Labute approximate surface area is 128 Å². The van der Waals surface area contributed by atoms with Crippen molar-refractivity contribution in [2.75, 3.05) is 24.7 Å². The maximum atomic E-state index is 9.70. The molecule has 0 heterocycles. The lowest BCUT2D eigenvalue weighted by Gasteiger charge is -1.89. The average Bonchev–Trinajstić information content (AvgIpc) is 2.40. The first kappa shape index (κ1) is 27.4. The monoisotopic (exact) mass is 334 g/mol. The van der Waals surface area contributed by atoms with E-state index >= 15 is 0 Å². The molecular formula is C10H22O8S2. The van der Waals surface area contributed by atoms with Gasteiger partial charge in [0.25, 0.3) is 0 Å². The molecule has 122 valence electrons. The third-order valence-corrected chi connectivity index (χ3v) is 1.41. The summed E-state index contributed by atoms with van der Waals surface area (Å²) >= 11 is 6.83. The lowest BCUT2D eigenvalue weighted by molar-refractivity contribution is -0.140. The number of hydrogen-bond acceptors (Lipinski definition) is 7. The first-order valence-electron chi connectivity index (χ1n) is 5.20. The van der Waals surface area contributed by atoms with Crippen molar-refractivity contribution >= 4 is 43.2 Å². The first-order chi connectivity index (χ1) is 9.10. The quantitative estimate of drug-likeness (QED) is 0.346. The summed E-state index contributed by atoms with van der Waals surface area (Å²) in [6.45, 7) is 3.03. The van der Waals surface area contributed by atoms with Gasteiger partial charge in [0.1, 0.15) is 0 Å². The Balaban J connectivity index is -0.0000000862. The van der Waals surface area contributed by atoms with E-state index in [0.717, 1.165) is 0 Å². The molecule has 0 saturated heterocycles. The van der Waals surface area contributed by atoms with Crippen molar-refractivity contribution in [1.29, 1.82) is 0 Å². The van der Waals surface area contributed by atoms with E-state index in [1.807, 2.05) is 0 Å². The van der Waals surface area contributed by atoms with Gasteiger partial charge in [-0.15, -0.1) is 0 Å². The van der Waals surface area contributed by atoms with Crippen LogP contribution in [0.4, 0.5) is 0 Å². The molecule has 0 fully saturated rings. The van der Waals surface area contributed by atoms with Gasteiger partial charge in [-0.25, -0.2) is 0 Å². The molecule has 0 aromatic heterocycles. The number of carbonyl (C=O) groups is 3. The summed E-state index contributed by atoms with van der Waals surface area (Å²) in [5.41, 5.74) is 0. The molecular weight excluding hydrogens is 312 g/mol. The third-order valence-electron chi connectivity index (χ3n) is 0.864. The molecule has 20 heavy (non-hydrogen) atoms. The highest BCUT2D eigenvalue weighted by Crippen LogP contribution is 1.87. The van der Waals surface area contributed by atoms with Crippen molar-refractivity contribution in [3.05, 3.63) is 0 Å². The van der Waals surface area contributed by atoms with E-state index in [-0.39, 0.29) is 30.6 Å². The van der Waals surface area contributed by atoms with E-state index in [4.69, 9.17) is 25.5 Å². The fourth-order valence-corrected chi connectivity index (χ4v) is 0. The van der Waals surface area contributed by atoms with Crippen LogP contribution in [0.25, 0.3) is 0 Å². The number of thiol groups is 2. The maximum absolute atomic E-state index is 9.70. The van der Waals surface area contributed by atoms with Gasteiger partial charge in [0.2, 0.25) is 0 Å². The Morgan fingerprint density at radius 1 is 0.850 bits per heavy atom. The summed E-state index contributed by atoms with van der Waals surface area (Å²) in [6, 6.07) is 0. The minimum atomic E-state index is -0.881. The molecule has 0 aliphatic heterocycles. The Kier molecular flexibility index (Phi) is 31.7. The van der Waals surface area contributed by atoms with Crippen LogP contribution in [-0.2, 0) is 14.4 Å². The topological polar surface area (TPSA) is 152 Å². The maximum Gasteiger partial charge on any atom is 0.313 e. The van der Waals surface area contributed by atoms with Gasteiger partial charge in [0.15, 0.2) is 0 Å². The van der Waals surface area contributed by atoms with Crippen molar-refractivity contribution < 1.29 is 39.9 Å². The number of hydrogen-bond donors (Lipinski definition) is 7. The molecule has 0 amide bonds. The van der Waals surface area contributed by atoms with Crippen LogP contribution in [0.5, 0.6) is 0 Å². The molecule has 10 heteroatoms. The fourth-order valence-electron chi connectivity index (χ4n) is 0. The summed E-state index contributed by atoms with van der Waals surface area (Å²) in [4.78, 5) is 28.3. The van der Waals surface area contributed by atoms with Gasteiger partial charge in [0, 0.05) is 0 Å². The number of aliphatic carboxylic acids is 3. The minimum Gasteiger partial charge on any atom is -0.481 e. The van der Waals surface area contributed by atoms with Crippen LogP contribution in [0, 0.1) is 5.92 Å².